The van der Waals surface area contributed by atoms with E-state index in [0.717, 1.165) is 41.3 Å². The zero-order valence-electron chi connectivity index (χ0n) is 16.8. The van der Waals surface area contributed by atoms with Gasteiger partial charge in [0.2, 0.25) is 0 Å². The normalized spacial score (nSPS) is 16.0. The van der Waals surface area contributed by atoms with Gasteiger partial charge in [-0.05, 0) is 68.0 Å². The van der Waals surface area contributed by atoms with E-state index in [1.807, 2.05) is 38.1 Å². The summed E-state index contributed by atoms with van der Waals surface area (Å²) in [7, 11) is 0. The molecule has 0 saturated heterocycles. The fourth-order valence-electron chi connectivity index (χ4n) is 3.72. The number of nitrogens with zero attached hydrogens (tertiary/aromatic N) is 1. The second-order valence-electron chi connectivity index (χ2n) is 7.98. The van der Waals surface area contributed by atoms with E-state index >= 15 is 0 Å². The monoisotopic (exact) mass is 409 g/mol. The summed E-state index contributed by atoms with van der Waals surface area (Å²) in [5.74, 6) is -1.00. The quantitative estimate of drug-likeness (QED) is 0.532. The Hall–Kier alpha value is -2.43. The van der Waals surface area contributed by atoms with Crippen molar-refractivity contribution in [1.82, 2.24) is 4.98 Å². The van der Waals surface area contributed by atoms with Crippen LogP contribution in [-0.4, -0.2) is 21.7 Å². The van der Waals surface area contributed by atoms with Crippen molar-refractivity contribution in [2.45, 2.75) is 51.7 Å². The maximum absolute atomic E-state index is 12.3. The third-order valence-corrected chi connectivity index (χ3v) is 5.90. The van der Waals surface area contributed by atoms with Crippen LogP contribution in [0, 0.1) is 6.92 Å². The summed E-state index contributed by atoms with van der Waals surface area (Å²) in [4.78, 5) is 17.0. The fraction of sp³-hybridized carbons (Fsp3) is 0.333. The van der Waals surface area contributed by atoms with Crippen molar-refractivity contribution in [3.05, 3.63) is 64.3 Å². The van der Waals surface area contributed by atoms with Crippen LogP contribution < -0.4 is 0 Å². The molecule has 150 valence electrons. The van der Waals surface area contributed by atoms with E-state index < -0.39 is 12.1 Å². The molecule has 5 heteroatoms. The van der Waals surface area contributed by atoms with E-state index in [2.05, 4.69) is 24.0 Å². The molecule has 0 amide bonds. The zero-order valence-corrected chi connectivity index (χ0v) is 17.6. The van der Waals surface area contributed by atoms with Gasteiger partial charge in [-0.3, -0.25) is 4.98 Å². The highest BCUT2D eigenvalue weighted by Gasteiger charge is 2.44. The van der Waals surface area contributed by atoms with Gasteiger partial charge in [0, 0.05) is 21.7 Å². The van der Waals surface area contributed by atoms with E-state index in [1.54, 1.807) is 6.07 Å². The number of pyridine rings is 1. The summed E-state index contributed by atoms with van der Waals surface area (Å²) in [6, 6.07) is 13.7. The fourth-order valence-corrected chi connectivity index (χ4v) is 3.90. The summed E-state index contributed by atoms with van der Waals surface area (Å²) in [5.41, 5.74) is 4.64. The number of fused-ring (bicyclic) bond motifs is 1. The molecule has 3 aromatic rings. The van der Waals surface area contributed by atoms with Crippen LogP contribution in [0.3, 0.4) is 0 Å². The summed E-state index contributed by atoms with van der Waals surface area (Å²) < 4.78 is 6.09. The number of ether oxygens (including phenoxy) is 1. The molecule has 29 heavy (non-hydrogen) atoms. The molecule has 4 nitrogen and oxygen atoms in total. The Bertz CT molecular complexity index is 1090. The molecule has 1 heterocycles. The van der Waals surface area contributed by atoms with E-state index in [0.29, 0.717) is 16.3 Å². The van der Waals surface area contributed by atoms with Crippen molar-refractivity contribution in [2.24, 2.45) is 0 Å². The van der Waals surface area contributed by atoms with Crippen molar-refractivity contribution in [3.63, 3.8) is 0 Å². The number of carbonyl (C=O) groups is 1. The standard InChI is InChI=1S/C24H24ClNO3/c1-4-15-5-7-16(8-6-15)21-18-13-17(25)9-10-19(18)26-14(2)20(21)22(23(27)28)29-24(3)11-12-24/h5-10,13,22H,4,11-12H2,1-3H3,(H,27,28). The highest BCUT2D eigenvalue weighted by molar-refractivity contribution is 6.31. The largest absolute Gasteiger partial charge is 0.479 e. The zero-order chi connectivity index (χ0) is 20.8. The molecule has 1 fully saturated rings. The molecule has 4 rings (SSSR count). The topological polar surface area (TPSA) is 59.4 Å². The van der Waals surface area contributed by atoms with Crippen LogP contribution in [0.4, 0.5) is 0 Å². The van der Waals surface area contributed by atoms with Crippen molar-refractivity contribution in [2.75, 3.05) is 0 Å². The van der Waals surface area contributed by atoms with E-state index in [4.69, 9.17) is 16.3 Å². The van der Waals surface area contributed by atoms with Gasteiger partial charge in [0.25, 0.3) is 0 Å². The van der Waals surface area contributed by atoms with Gasteiger partial charge in [-0.15, -0.1) is 0 Å². The van der Waals surface area contributed by atoms with Crippen LogP contribution in [0.2, 0.25) is 5.02 Å². The summed E-state index contributed by atoms with van der Waals surface area (Å²) in [6.07, 6.45) is 1.58. The lowest BCUT2D eigenvalue weighted by Gasteiger charge is -2.24. The Morgan fingerprint density at radius 2 is 1.93 bits per heavy atom. The first kappa shape index (κ1) is 19.9. The van der Waals surface area contributed by atoms with Crippen LogP contribution in [-0.2, 0) is 16.0 Å². The van der Waals surface area contributed by atoms with Crippen LogP contribution in [0.15, 0.2) is 42.5 Å². The Morgan fingerprint density at radius 3 is 2.52 bits per heavy atom. The molecule has 0 radical (unpaired) electrons. The molecule has 0 bridgehead atoms. The number of aryl methyl sites for hydroxylation is 2. The molecule has 1 aromatic heterocycles. The first-order valence-electron chi connectivity index (χ1n) is 9.91. The van der Waals surface area contributed by atoms with Crippen LogP contribution in [0.5, 0.6) is 0 Å². The molecule has 2 aromatic carbocycles. The van der Waals surface area contributed by atoms with Gasteiger partial charge in [-0.2, -0.15) is 0 Å². The second kappa shape index (κ2) is 7.43. The summed E-state index contributed by atoms with van der Waals surface area (Å²) in [5, 5.41) is 11.5. The number of aromatic nitrogens is 1. The predicted octanol–water partition coefficient (Wildman–Crippen LogP) is 6.12. The molecule has 1 aliphatic rings. The minimum Gasteiger partial charge on any atom is -0.479 e. The molecule has 1 atom stereocenters. The maximum atomic E-state index is 12.3. The average molecular weight is 410 g/mol. The van der Waals surface area contributed by atoms with Gasteiger partial charge in [-0.1, -0.05) is 42.8 Å². The number of carboxylic acids is 1. The van der Waals surface area contributed by atoms with Crippen molar-refractivity contribution >= 4 is 28.5 Å². The van der Waals surface area contributed by atoms with Gasteiger partial charge >= 0.3 is 5.97 Å². The van der Waals surface area contributed by atoms with Crippen LogP contribution >= 0.6 is 11.6 Å². The lowest BCUT2D eigenvalue weighted by atomic mass is 9.90. The first-order valence-corrected chi connectivity index (χ1v) is 10.3. The van der Waals surface area contributed by atoms with Crippen LogP contribution in [0.1, 0.15) is 49.6 Å². The number of benzene rings is 2. The number of carboxylic acid groups (broad SMARTS) is 1. The minimum absolute atomic E-state index is 0.387. The number of aliphatic carboxylic acids is 1. The second-order valence-corrected chi connectivity index (χ2v) is 8.42. The Kier molecular flexibility index (Phi) is 5.09. The van der Waals surface area contributed by atoms with Gasteiger partial charge in [-0.25, -0.2) is 4.79 Å². The Labute approximate surface area is 175 Å². The molecule has 0 spiro atoms. The molecular weight excluding hydrogens is 386 g/mol. The first-order chi connectivity index (χ1) is 13.8. The van der Waals surface area contributed by atoms with Crippen molar-refractivity contribution < 1.29 is 14.6 Å². The predicted molar refractivity (Wildman–Crippen MR) is 115 cm³/mol. The van der Waals surface area contributed by atoms with Gasteiger partial charge in [0.05, 0.1) is 11.1 Å². The van der Waals surface area contributed by atoms with Gasteiger partial charge in [0.1, 0.15) is 0 Å². The molecule has 1 unspecified atom stereocenters. The van der Waals surface area contributed by atoms with Crippen molar-refractivity contribution in [3.8, 4) is 11.1 Å². The minimum atomic E-state index is -1.08. The number of hydrogen-bond donors (Lipinski definition) is 1. The smallest absolute Gasteiger partial charge is 0.337 e. The molecule has 1 N–H and O–H groups in total. The summed E-state index contributed by atoms with van der Waals surface area (Å²) >= 11 is 6.30. The SMILES string of the molecule is CCc1ccc(-c2c(C(OC3(C)CC3)C(=O)O)c(C)nc3ccc(Cl)cc23)cc1. The van der Waals surface area contributed by atoms with Gasteiger partial charge in [0.15, 0.2) is 6.10 Å². The molecular formula is C24H24ClNO3. The van der Waals surface area contributed by atoms with E-state index in [-0.39, 0.29) is 5.60 Å². The molecule has 1 aliphatic carbocycles. The average Bonchev–Trinajstić information content (AvgIpc) is 3.43. The Balaban J connectivity index is 2.01. The van der Waals surface area contributed by atoms with Gasteiger partial charge < -0.3 is 9.84 Å². The Morgan fingerprint density at radius 1 is 1.24 bits per heavy atom. The summed E-state index contributed by atoms with van der Waals surface area (Å²) in [6.45, 7) is 5.91. The number of halogens is 1. The molecule has 0 aliphatic heterocycles. The van der Waals surface area contributed by atoms with E-state index in [1.165, 1.54) is 5.56 Å². The lowest BCUT2D eigenvalue weighted by molar-refractivity contribution is -0.156. The number of rotatable bonds is 6. The highest BCUT2D eigenvalue weighted by atomic mass is 35.5. The third kappa shape index (κ3) is 3.87. The van der Waals surface area contributed by atoms with E-state index in [9.17, 15) is 9.90 Å². The highest BCUT2D eigenvalue weighted by Crippen LogP contribution is 2.46. The van der Waals surface area contributed by atoms with Crippen LogP contribution in [0.25, 0.3) is 22.0 Å². The maximum Gasteiger partial charge on any atom is 0.337 e. The van der Waals surface area contributed by atoms with Crippen molar-refractivity contribution in [1.29, 1.82) is 0 Å². The third-order valence-electron chi connectivity index (χ3n) is 5.67. The number of hydrogen-bond acceptors (Lipinski definition) is 3. The lowest BCUT2D eigenvalue weighted by Crippen LogP contribution is -2.23. The molecule has 1 saturated carbocycles.